The van der Waals surface area contributed by atoms with E-state index in [2.05, 4.69) is 5.32 Å². The van der Waals surface area contributed by atoms with E-state index in [-0.39, 0.29) is 17.9 Å². The highest BCUT2D eigenvalue weighted by Gasteiger charge is 2.43. The second kappa shape index (κ2) is 5.54. The van der Waals surface area contributed by atoms with Crippen LogP contribution >= 0.6 is 0 Å². The Morgan fingerprint density at radius 2 is 1.96 bits per heavy atom. The van der Waals surface area contributed by atoms with Crippen molar-refractivity contribution in [1.29, 1.82) is 5.26 Å². The van der Waals surface area contributed by atoms with Gasteiger partial charge in [-0.25, -0.2) is 9.18 Å². The maximum atomic E-state index is 13.6. The van der Waals surface area contributed by atoms with Gasteiger partial charge in [-0.15, -0.1) is 0 Å². The number of benzene rings is 1. The lowest BCUT2D eigenvalue weighted by Crippen LogP contribution is -2.52. The van der Waals surface area contributed by atoms with Gasteiger partial charge in [0.15, 0.2) is 0 Å². The van der Waals surface area contributed by atoms with E-state index >= 15 is 0 Å². The van der Waals surface area contributed by atoms with Gasteiger partial charge in [-0.3, -0.25) is 0 Å². The zero-order valence-corrected chi connectivity index (χ0v) is 12.4. The van der Waals surface area contributed by atoms with E-state index in [1.807, 2.05) is 0 Å². The molecule has 2 aliphatic heterocycles. The third-order valence-electron chi connectivity index (χ3n) is 4.42. The molecular weight excluding hydrogens is 330 g/mol. The normalized spacial score (nSPS) is 19.8. The van der Waals surface area contributed by atoms with Crippen molar-refractivity contribution >= 4 is 11.8 Å². The summed E-state index contributed by atoms with van der Waals surface area (Å²) in [6, 6.07) is 3.03. The molecule has 5 nitrogen and oxygen atoms in total. The molecule has 2 aliphatic rings. The predicted molar refractivity (Wildman–Crippen MR) is 74.8 cm³/mol. The number of anilines is 1. The molecule has 0 aromatic heterocycles. The monoisotopic (exact) mass is 343 g/mol. The van der Waals surface area contributed by atoms with Crippen LogP contribution in [0, 0.1) is 17.1 Å². The average molecular weight is 343 g/mol. The van der Waals surface area contributed by atoms with Gasteiger partial charge in [0, 0.05) is 13.1 Å². The van der Waals surface area contributed by atoms with E-state index in [4.69, 9.17) is 10.00 Å². The molecular formula is C15H13F4N3O2. The Morgan fingerprint density at radius 1 is 1.29 bits per heavy atom. The number of halogens is 4. The van der Waals surface area contributed by atoms with Crippen LogP contribution < -0.4 is 10.2 Å². The van der Waals surface area contributed by atoms with Crippen LogP contribution in [0.15, 0.2) is 12.1 Å². The van der Waals surface area contributed by atoms with Crippen LogP contribution in [0.4, 0.5) is 28.0 Å². The largest absolute Gasteiger partial charge is 0.447 e. The number of amides is 1. The topological polar surface area (TPSA) is 65.4 Å². The molecule has 2 heterocycles. The minimum absolute atomic E-state index is 0.0475. The van der Waals surface area contributed by atoms with E-state index in [9.17, 15) is 22.4 Å². The summed E-state index contributed by atoms with van der Waals surface area (Å²) >= 11 is 0. The molecule has 1 spiro atoms. The van der Waals surface area contributed by atoms with Gasteiger partial charge in [0.25, 0.3) is 0 Å². The lowest BCUT2D eigenvalue weighted by Gasteiger charge is -2.39. The number of nitrogens with zero attached hydrogens (tertiary/aromatic N) is 2. The van der Waals surface area contributed by atoms with Gasteiger partial charge in [0.1, 0.15) is 18.5 Å². The number of alkyl carbamates (subject to hydrolysis) is 1. The highest BCUT2D eigenvalue weighted by molar-refractivity contribution is 5.71. The van der Waals surface area contributed by atoms with Gasteiger partial charge in [0.05, 0.1) is 22.4 Å². The lowest BCUT2D eigenvalue weighted by atomic mass is 9.88. The van der Waals surface area contributed by atoms with Crippen molar-refractivity contribution < 1.29 is 27.1 Å². The molecule has 128 valence electrons. The Hall–Kier alpha value is -2.50. The van der Waals surface area contributed by atoms with Crippen LogP contribution in [-0.4, -0.2) is 31.3 Å². The quantitative estimate of drug-likeness (QED) is 0.797. The Labute approximate surface area is 134 Å². The summed E-state index contributed by atoms with van der Waals surface area (Å²) in [4.78, 5) is 12.8. The summed E-state index contributed by atoms with van der Waals surface area (Å²) in [6.45, 7) is 0.852. The minimum Gasteiger partial charge on any atom is -0.447 e. The van der Waals surface area contributed by atoms with Crippen molar-refractivity contribution in [3.8, 4) is 6.07 Å². The smallest absolute Gasteiger partial charge is 0.419 e. The highest BCUT2D eigenvalue weighted by atomic mass is 19.4. The van der Waals surface area contributed by atoms with Crippen molar-refractivity contribution in [3.05, 3.63) is 29.1 Å². The average Bonchev–Trinajstić information content (AvgIpc) is 2.87. The van der Waals surface area contributed by atoms with Crippen molar-refractivity contribution in [2.75, 3.05) is 24.6 Å². The fourth-order valence-corrected chi connectivity index (χ4v) is 3.07. The molecule has 3 rings (SSSR count). The number of alkyl halides is 3. The van der Waals surface area contributed by atoms with Crippen molar-refractivity contribution in [2.45, 2.75) is 24.6 Å². The molecule has 0 aliphatic carbocycles. The molecule has 0 saturated carbocycles. The minimum atomic E-state index is -4.84. The zero-order valence-electron chi connectivity index (χ0n) is 12.4. The number of cyclic esters (lactones) is 1. The fraction of sp³-hybridized carbons (Fsp3) is 0.467. The molecule has 1 N–H and O–H groups in total. The molecule has 9 heteroatoms. The maximum Gasteiger partial charge on any atom is 0.419 e. The molecule has 0 radical (unpaired) electrons. The van der Waals surface area contributed by atoms with E-state index in [1.54, 1.807) is 11.0 Å². The standard InChI is InChI=1S/C15H13F4N3O2/c16-11-5-9(7-20)12(6-10(11)15(17,18)19)22-3-1-14(2-4-22)8-24-13(23)21-14/h5-6H,1-4,8H2,(H,21,23). The Balaban J connectivity index is 1.87. The van der Waals surface area contributed by atoms with Gasteiger partial charge in [-0.1, -0.05) is 0 Å². The van der Waals surface area contributed by atoms with Crippen LogP contribution in [0.5, 0.6) is 0 Å². The van der Waals surface area contributed by atoms with Gasteiger partial charge in [0.2, 0.25) is 0 Å². The number of nitriles is 1. The number of hydrogen-bond donors (Lipinski definition) is 1. The Bertz CT molecular complexity index is 719. The lowest BCUT2D eigenvalue weighted by molar-refractivity contribution is -0.139. The second-order valence-corrected chi connectivity index (χ2v) is 5.93. The van der Waals surface area contributed by atoms with E-state index in [0.717, 1.165) is 0 Å². The molecule has 0 bridgehead atoms. The summed E-state index contributed by atoms with van der Waals surface area (Å²) in [6.07, 6.45) is -4.43. The van der Waals surface area contributed by atoms with Crippen LogP contribution in [0.3, 0.4) is 0 Å². The summed E-state index contributed by atoms with van der Waals surface area (Å²) in [5.41, 5.74) is -2.02. The number of carbonyl (C=O) groups excluding carboxylic acids is 1. The highest BCUT2D eigenvalue weighted by Crippen LogP contribution is 2.37. The summed E-state index contributed by atoms with van der Waals surface area (Å²) in [5, 5.41) is 11.8. The molecule has 1 aromatic carbocycles. The number of hydrogen-bond acceptors (Lipinski definition) is 4. The van der Waals surface area contributed by atoms with Crippen molar-refractivity contribution in [2.24, 2.45) is 0 Å². The first-order valence-electron chi connectivity index (χ1n) is 7.25. The Morgan fingerprint density at radius 3 is 2.46 bits per heavy atom. The second-order valence-electron chi connectivity index (χ2n) is 5.93. The number of carbonyl (C=O) groups is 1. The van der Waals surface area contributed by atoms with Gasteiger partial charge >= 0.3 is 12.3 Å². The third-order valence-corrected chi connectivity index (χ3v) is 4.42. The van der Waals surface area contributed by atoms with Crippen LogP contribution in [0.1, 0.15) is 24.0 Å². The molecule has 0 unspecified atom stereocenters. The molecule has 1 amide bonds. The number of piperidine rings is 1. The predicted octanol–water partition coefficient (Wildman–Crippen LogP) is 2.79. The fourth-order valence-electron chi connectivity index (χ4n) is 3.07. The summed E-state index contributed by atoms with van der Waals surface area (Å²) in [5.74, 6) is -1.47. The van der Waals surface area contributed by atoms with Crippen LogP contribution in [0.2, 0.25) is 0 Å². The molecule has 2 fully saturated rings. The SMILES string of the molecule is N#Cc1cc(F)c(C(F)(F)F)cc1N1CCC2(CC1)COC(=O)N2. The first kappa shape index (κ1) is 16.4. The molecule has 24 heavy (non-hydrogen) atoms. The van der Waals surface area contributed by atoms with Crippen molar-refractivity contribution in [3.63, 3.8) is 0 Å². The number of ether oxygens (including phenoxy) is 1. The van der Waals surface area contributed by atoms with Gasteiger partial charge in [-0.2, -0.15) is 18.4 Å². The van der Waals surface area contributed by atoms with Crippen LogP contribution in [-0.2, 0) is 10.9 Å². The Kier molecular flexibility index (Phi) is 3.78. The molecule has 2 saturated heterocycles. The van der Waals surface area contributed by atoms with Gasteiger partial charge in [-0.05, 0) is 25.0 Å². The summed E-state index contributed by atoms with van der Waals surface area (Å²) < 4.78 is 57.2. The van der Waals surface area contributed by atoms with E-state index in [1.165, 1.54) is 0 Å². The first-order valence-corrected chi connectivity index (χ1v) is 7.25. The molecule has 1 aromatic rings. The summed E-state index contributed by atoms with van der Waals surface area (Å²) in [7, 11) is 0. The number of nitrogens with one attached hydrogen (secondary N) is 1. The van der Waals surface area contributed by atoms with E-state index in [0.29, 0.717) is 38.1 Å². The molecule has 0 atom stereocenters. The van der Waals surface area contributed by atoms with E-state index < -0.39 is 29.2 Å². The maximum absolute atomic E-state index is 13.6. The number of rotatable bonds is 1. The third kappa shape index (κ3) is 2.84. The van der Waals surface area contributed by atoms with Gasteiger partial charge < -0.3 is 15.0 Å². The van der Waals surface area contributed by atoms with Crippen LogP contribution in [0.25, 0.3) is 0 Å². The van der Waals surface area contributed by atoms with Crippen molar-refractivity contribution in [1.82, 2.24) is 5.32 Å². The zero-order chi connectivity index (χ0) is 17.5. The first-order chi connectivity index (χ1) is 11.2.